The summed E-state index contributed by atoms with van der Waals surface area (Å²) in [6.45, 7) is 1.81. The van der Waals surface area contributed by atoms with Crippen molar-refractivity contribution in [2.45, 2.75) is 12.3 Å². The minimum atomic E-state index is -3.42. The van der Waals surface area contributed by atoms with Gasteiger partial charge in [0, 0.05) is 29.5 Å². The van der Waals surface area contributed by atoms with Crippen molar-refractivity contribution in [1.29, 1.82) is 0 Å². The van der Waals surface area contributed by atoms with Gasteiger partial charge in [0.2, 0.25) is 0 Å². The van der Waals surface area contributed by atoms with Crippen LogP contribution in [0.25, 0.3) is 0 Å². The fourth-order valence-corrected chi connectivity index (χ4v) is 5.16. The Bertz CT molecular complexity index is 584. The maximum absolute atomic E-state index is 14.0. The first kappa shape index (κ1) is 15.4. The summed E-state index contributed by atoms with van der Waals surface area (Å²) in [4.78, 5) is 1.30. The summed E-state index contributed by atoms with van der Waals surface area (Å²) in [5.41, 5.74) is 5.06. The first-order valence-electron chi connectivity index (χ1n) is 6.17. The molecule has 1 aliphatic rings. The smallest absolute Gasteiger partial charge is 0.171 e. The average Bonchev–Trinajstić information content (AvgIpc) is 2.38. The molecule has 1 saturated heterocycles. The third kappa shape index (κ3) is 2.85. The molecule has 4 nitrogen and oxygen atoms in total. The monoisotopic (exact) mass is 322 g/mol. The lowest BCUT2D eigenvalue weighted by Gasteiger charge is -2.36. The summed E-state index contributed by atoms with van der Waals surface area (Å²) in [6.07, 6.45) is 0. The number of sulfone groups is 1. The van der Waals surface area contributed by atoms with Gasteiger partial charge in [0.1, 0.15) is 11.1 Å². The first-order valence-corrected chi connectivity index (χ1v) is 9.04. The van der Waals surface area contributed by atoms with Crippen LogP contribution in [0.15, 0.2) is 12.1 Å². The second kappa shape index (κ2) is 5.77. The summed E-state index contributed by atoms with van der Waals surface area (Å²) >= 11 is 1.47. The maximum Gasteiger partial charge on any atom is 0.171 e. The number of nitrogens with two attached hydrogens (primary N) is 1. The summed E-state index contributed by atoms with van der Waals surface area (Å²) in [6, 6.07) is 2.02. The van der Waals surface area contributed by atoms with Crippen LogP contribution in [0.2, 0.25) is 0 Å². The predicted octanol–water partition coefficient (Wildman–Crippen LogP) is 1.86. The van der Waals surface area contributed by atoms with Crippen molar-refractivity contribution in [2.24, 2.45) is 0 Å². The molecule has 0 bridgehead atoms. The van der Waals surface area contributed by atoms with E-state index in [4.69, 9.17) is 5.73 Å². The Labute approximate surface area is 121 Å². The Balaban J connectivity index is 2.49. The van der Waals surface area contributed by atoms with Crippen LogP contribution in [0.4, 0.5) is 20.2 Å². The molecule has 0 radical (unpaired) electrons. The van der Waals surface area contributed by atoms with E-state index in [1.54, 1.807) is 0 Å². The molecule has 2 N–H and O–H groups in total. The second-order valence-electron chi connectivity index (χ2n) is 4.51. The normalized spacial score (nSPS) is 20.1. The molecule has 2 rings (SSSR count). The summed E-state index contributed by atoms with van der Waals surface area (Å²) in [5, 5.41) is -0.904. The van der Waals surface area contributed by atoms with Gasteiger partial charge in [0.25, 0.3) is 0 Å². The molecule has 0 aliphatic carbocycles. The lowest BCUT2D eigenvalue weighted by Crippen LogP contribution is -2.48. The average molecular weight is 322 g/mol. The van der Waals surface area contributed by atoms with Crippen LogP contribution >= 0.6 is 11.8 Å². The van der Waals surface area contributed by atoms with E-state index in [2.05, 4.69) is 0 Å². The molecule has 1 aromatic carbocycles. The number of rotatable bonds is 3. The zero-order valence-corrected chi connectivity index (χ0v) is 12.6. The molecule has 8 heteroatoms. The molecule has 1 heterocycles. The van der Waals surface area contributed by atoms with E-state index in [1.165, 1.54) is 23.6 Å². The van der Waals surface area contributed by atoms with Gasteiger partial charge < -0.3 is 10.6 Å². The number of hydrogen-bond donors (Lipinski definition) is 1. The molecule has 1 atom stereocenters. The van der Waals surface area contributed by atoms with Crippen molar-refractivity contribution in [2.75, 3.05) is 34.4 Å². The molecule has 20 heavy (non-hydrogen) atoms. The SMILES string of the molecule is CCS(=O)(=O)C1CSCCN1c1c(F)cc(N)cc1F. The number of hydrogen-bond acceptors (Lipinski definition) is 5. The molecule has 0 amide bonds. The van der Waals surface area contributed by atoms with Crippen molar-refractivity contribution < 1.29 is 17.2 Å². The molecule has 1 fully saturated rings. The Morgan fingerprint density at radius 1 is 1.40 bits per heavy atom. The van der Waals surface area contributed by atoms with E-state index in [1.807, 2.05) is 0 Å². The van der Waals surface area contributed by atoms with Gasteiger partial charge in [-0.25, -0.2) is 17.2 Å². The molecule has 0 spiro atoms. The van der Waals surface area contributed by atoms with Crippen LogP contribution < -0.4 is 10.6 Å². The Kier molecular flexibility index (Phi) is 4.43. The summed E-state index contributed by atoms with van der Waals surface area (Å²) < 4.78 is 52.2. The van der Waals surface area contributed by atoms with Crippen LogP contribution in [-0.4, -0.2) is 37.6 Å². The number of thioether (sulfide) groups is 1. The largest absolute Gasteiger partial charge is 0.399 e. The second-order valence-corrected chi connectivity index (χ2v) is 8.10. The van der Waals surface area contributed by atoms with Gasteiger partial charge in [-0.1, -0.05) is 6.92 Å². The van der Waals surface area contributed by atoms with Crippen molar-refractivity contribution in [3.63, 3.8) is 0 Å². The molecule has 0 aromatic heterocycles. The van der Waals surface area contributed by atoms with E-state index in [9.17, 15) is 17.2 Å². The molecule has 112 valence electrons. The van der Waals surface area contributed by atoms with E-state index >= 15 is 0 Å². The van der Waals surface area contributed by atoms with Crippen LogP contribution in [0, 0.1) is 11.6 Å². The number of nitrogens with zero attached hydrogens (tertiary/aromatic N) is 1. The van der Waals surface area contributed by atoms with E-state index in [0.29, 0.717) is 11.5 Å². The third-order valence-electron chi connectivity index (χ3n) is 3.23. The Morgan fingerprint density at radius 2 is 2.00 bits per heavy atom. The van der Waals surface area contributed by atoms with Gasteiger partial charge in [0.15, 0.2) is 21.5 Å². The highest BCUT2D eigenvalue weighted by atomic mass is 32.2. The summed E-state index contributed by atoms with van der Waals surface area (Å²) in [7, 11) is -3.42. The zero-order valence-electron chi connectivity index (χ0n) is 11.0. The minimum absolute atomic E-state index is 0.0231. The van der Waals surface area contributed by atoms with Gasteiger partial charge in [-0.05, 0) is 12.1 Å². The van der Waals surface area contributed by atoms with Gasteiger partial charge >= 0.3 is 0 Å². The van der Waals surface area contributed by atoms with Crippen molar-refractivity contribution in [3.8, 4) is 0 Å². The molecule has 1 unspecified atom stereocenters. The van der Waals surface area contributed by atoms with Crippen molar-refractivity contribution in [3.05, 3.63) is 23.8 Å². The van der Waals surface area contributed by atoms with Crippen LogP contribution in [-0.2, 0) is 9.84 Å². The Hall–Kier alpha value is -1.02. The van der Waals surface area contributed by atoms with Crippen molar-refractivity contribution >= 4 is 33.0 Å². The maximum atomic E-state index is 14.0. The quantitative estimate of drug-likeness (QED) is 0.861. The first-order chi connectivity index (χ1) is 9.36. The highest BCUT2D eigenvalue weighted by molar-refractivity contribution is 8.01. The predicted molar refractivity (Wildman–Crippen MR) is 78.7 cm³/mol. The minimum Gasteiger partial charge on any atom is -0.399 e. The number of anilines is 2. The number of nitrogen functional groups attached to an aromatic ring is 1. The summed E-state index contributed by atoms with van der Waals surface area (Å²) in [5.74, 6) is -0.790. The fraction of sp³-hybridized carbons (Fsp3) is 0.500. The zero-order chi connectivity index (χ0) is 14.9. The van der Waals surface area contributed by atoms with E-state index in [-0.39, 0.29) is 23.7 Å². The fourth-order valence-electron chi connectivity index (χ4n) is 2.19. The lowest BCUT2D eigenvalue weighted by molar-refractivity contribution is 0.556. The molecule has 0 saturated carbocycles. The molecular weight excluding hydrogens is 306 g/mol. The van der Waals surface area contributed by atoms with Gasteiger partial charge in [-0.2, -0.15) is 11.8 Å². The standard InChI is InChI=1S/C12H16F2N2O2S2/c1-2-20(17,18)11-7-19-4-3-16(11)12-9(13)5-8(15)6-10(12)14/h5-6,11H,2-4,7,15H2,1H3. The van der Waals surface area contributed by atoms with Crippen LogP contribution in [0.3, 0.4) is 0 Å². The highest BCUT2D eigenvalue weighted by Gasteiger charge is 2.35. The van der Waals surface area contributed by atoms with Gasteiger partial charge in [-0.3, -0.25) is 0 Å². The highest BCUT2D eigenvalue weighted by Crippen LogP contribution is 2.32. The van der Waals surface area contributed by atoms with Crippen LogP contribution in [0.1, 0.15) is 6.92 Å². The topological polar surface area (TPSA) is 63.4 Å². The van der Waals surface area contributed by atoms with Gasteiger partial charge in [0.05, 0.1) is 0 Å². The molecular formula is C12H16F2N2O2S2. The van der Waals surface area contributed by atoms with Crippen molar-refractivity contribution in [1.82, 2.24) is 0 Å². The van der Waals surface area contributed by atoms with E-state index < -0.39 is 26.8 Å². The Morgan fingerprint density at radius 3 is 2.55 bits per heavy atom. The van der Waals surface area contributed by atoms with Crippen LogP contribution in [0.5, 0.6) is 0 Å². The third-order valence-corrected chi connectivity index (χ3v) is 6.52. The number of halogens is 2. The molecule has 1 aliphatic heterocycles. The molecule has 1 aromatic rings. The lowest BCUT2D eigenvalue weighted by atomic mass is 10.2. The number of benzene rings is 1. The van der Waals surface area contributed by atoms with Gasteiger partial charge in [-0.15, -0.1) is 0 Å². The van der Waals surface area contributed by atoms with E-state index in [0.717, 1.165) is 12.1 Å².